The maximum Gasteiger partial charge on any atom is 0.387 e. The molecule has 11 heteroatoms. The van der Waals surface area contributed by atoms with E-state index < -0.39 is 22.5 Å². The van der Waals surface area contributed by atoms with Gasteiger partial charge in [0.1, 0.15) is 16.4 Å². The molecule has 2 N–H and O–H groups in total. The van der Waals surface area contributed by atoms with E-state index in [0.717, 1.165) is 12.8 Å². The van der Waals surface area contributed by atoms with Crippen LogP contribution in [0.15, 0.2) is 47.4 Å². The number of hydrogen-bond donors (Lipinski definition) is 2. The predicted molar refractivity (Wildman–Crippen MR) is 116 cm³/mol. The summed E-state index contributed by atoms with van der Waals surface area (Å²) in [4.78, 5) is 12.3. The molecule has 2 aromatic rings. The van der Waals surface area contributed by atoms with Crippen LogP contribution in [0.1, 0.15) is 19.8 Å². The molecule has 3 rings (SSSR count). The molecule has 0 unspecified atom stereocenters. The number of halogens is 2. The highest BCUT2D eigenvalue weighted by molar-refractivity contribution is 7.89. The first-order chi connectivity index (χ1) is 15.3. The Bertz CT molecular complexity index is 1040. The van der Waals surface area contributed by atoms with Crippen molar-refractivity contribution < 1.29 is 31.5 Å². The first kappa shape index (κ1) is 23.7. The third kappa shape index (κ3) is 5.86. The van der Waals surface area contributed by atoms with Crippen molar-refractivity contribution in [3.63, 3.8) is 0 Å². The minimum Gasteiger partial charge on any atom is -0.492 e. The molecule has 0 spiro atoms. The van der Waals surface area contributed by atoms with Gasteiger partial charge in [0.05, 0.1) is 18.8 Å². The van der Waals surface area contributed by atoms with E-state index in [1.54, 1.807) is 25.1 Å². The highest BCUT2D eigenvalue weighted by Gasteiger charge is 2.30. The highest BCUT2D eigenvalue weighted by Crippen LogP contribution is 2.31. The van der Waals surface area contributed by atoms with E-state index in [-0.39, 0.29) is 28.6 Å². The van der Waals surface area contributed by atoms with Crippen LogP contribution in [0.2, 0.25) is 0 Å². The Morgan fingerprint density at radius 1 is 1.12 bits per heavy atom. The van der Waals surface area contributed by atoms with E-state index in [2.05, 4.69) is 15.4 Å². The second-order valence-electron chi connectivity index (χ2n) is 6.98. The number of hydrogen-bond acceptors (Lipinski definition) is 6. The number of sulfonamides is 1. The molecule has 174 valence electrons. The number of para-hydroxylation sites is 2. The molecule has 1 saturated heterocycles. The lowest BCUT2D eigenvalue weighted by Crippen LogP contribution is -2.28. The van der Waals surface area contributed by atoms with Gasteiger partial charge in [0.25, 0.3) is 0 Å². The van der Waals surface area contributed by atoms with Crippen molar-refractivity contribution in [2.75, 3.05) is 36.9 Å². The summed E-state index contributed by atoms with van der Waals surface area (Å²) >= 11 is 0. The van der Waals surface area contributed by atoms with Gasteiger partial charge in [0.2, 0.25) is 15.9 Å². The molecule has 0 saturated carbocycles. The second kappa shape index (κ2) is 10.6. The number of amides is 1. The standard InChI is InChI=1S/C21H25F2N3O5S/c1-2-30-18-10-9-15(13-19(18)32(28,29)26-11-5-6-12-26)24-14-20(27)25-16-7-3-4-8-17(16)31-21(22)23/h3-4,7-10,13,21,24H,2,5-6,11-12,14H2,1H3,(H,25,27). The Hall–Kier alpha value is -2.92. The molecule has 0 atom stereocenters. The summed E-state index contributed by atoms with van der Waals surface area (Å²) in [6, 6.07) is 10.4. The van der Waals surface area contributed by atoms with E-state index in [9.17, 15) is 22.0 Å². The first-order valence-corrected chi connectivity index (χ1v) is 11.6. The summed E-state index contributed by atoms with van der Waals surface area (Å²) in [7, 11) is -3.74. The highest BCUT2D eigenvalue weighted by atomic mass is 32.2. The van der Waals surface area contributed by atoms with Crippen LogP contribution in [0.5, 0.6) is 11.5 Å². The van der Waals surface area contributed by atoms with Crippen LogP contribution in [0.3, 0.4) is 0 Å². The minimum atomic E-state index is -3.74. The van der Waals surface area contributed by atoms with Crippen molar-refractivity contribution in [2.45, 2.75) is 31.3 Å². The van der Waals surface area contributed by atoms with Crippen LogP contribution >= 0.6 is 0 Å². The SMILES string of the molecule is CCOc1ccc(NCC(=O)Nc2ccccc2OC(F)F)cc1S(=O)(=O)N1CCCC1. The molecule has 8 nitrogen and oxygen atoms in total. The van der Waals surface area contributed by atoms with E-state index in [1.165, 1.54) is 28.6 Å². The lowest BCUT2D eigenvalue weighted by atomic mass is 10.3. The summed E-state index contributed by atoms with van der Waals surface area (Å²) in [5, 5.41) is 5.35. The van der Waals surface area contributed by atoms with Crippen molar-refractivity contribution in [3.05, 3.63) is 42.5 Å². The number of rotatable bonds is 10. The van der Waals surface area contributed by atoms with Crippen molar-refractivity contribution in [3.8, 4) is 11.5 Å². The number of nitrogens with zero attached hydrogens (tertiary/aromatic N) is 1. The molecule has 0 aliphatic carbocycles. The molecule has 1 fully saturated rings. The molecule has 2 aromatic carbocycles. The Balaban J connectivity index is 1.72. The van der Waals surface area contributed by atoms with E-state index >= 15 is 0 Å². The maximum absolute atomic E-state index is 13.1. The number of benzene rings is 2. The number of alkyl halides is 2. The minimum absolute atomic E-state index is 0.0299. The fourth-order valence-electron chi connectivity index (χ4n) is 3.31. The number of anilines is 2. The average Bonchev–Trinajstić information content (AvgIpc) is 3.30. The second-order valence-corrected chi connectivity index (χ2v) is 8.89. The van der Waals surface area contributed by atoms with E-state index in [1.807, 2.05) is 0 Å². The monoisotopic (exact) mass is 469 g/mol. The van der Waals surface area contributed by atoms with E-state index in [4.69, 9.17) is 4.74 Å². The van der Waals surface area contributed by atoms with Gasteiger partial charge in [-0.05, 0) is 50.1 Å². The van der Waals surface area contributed by atoms with Gasteiger partial charge < -0.3 is 20.1 Å². The summed E-state index contributed by atoms with van der Waals surface area (Å²) in [5.41, 5.74) is 0.502. The van der Waals surface area contributed by atoms with Crippen molar-refractivity contribution >= 4 is 27.3 Å². The van der Waals surface area contributed by atoms with Gasteiger partial charge in [-0.1, -0.05) is 12.1 Å². The van der Waals surface area contributed by atoms with Crippen LogP contribution in [0.4, 0.5) is 20.2 Å². The smallest absolute Gasteiger partial charge is 0.387 e. The molecular weight excluding hydrogens is 444 g/mol. The third-order valence-corrected chi connectivity index (χ3v) is 6.68. The molecule has 1 heterocycles. The number of carbonyl (C=O) groups is 1. The molecular formula is C21H25F2N3O5S. The lowest BCUT2D eigenvalue weighted by molar-refractivity contribution is -0.114. The summed E-state index contributed by atoms with van der Waals surface area (Å²) in [5.74, 6) is -0.434. The molecule has 1 aliphatic heterocycles. The van der Waals surface area contributed by atoms with Crippen molar-refractivity contribution in [1.29, 1.82) is 0 Å². The number of nitrogens with one attached hydrogen (secondary N) is 2. The molecule has 1 amide bonds. The first-order valence-electron chi connectivity index (χ1n) is 10.2. The zero-order valence-corrected chi connectivity index (χ0v) is 18.3. The Labute approximate surface area is 185 Å². The number of ether oxygens (including phenoxy) is 2. The fourth-order valence-corrected chi connectivity index (χ4v) is 4.98. The largest absolute Gasteiger partial charge is 0.492 e. The van der Waals surface area contributed by atoms with Gasteiger partial charge in [-0.25, -0.2) is 8.42 Å². The Morgan fingerprint density at radius 2 is 1.84 bits per heavy atom. The van der Waals surface area contributed by atoms with Crippen molar-refractivity contribution in [2.24, 2.45) is 0 Å². The molecule has 0 radical (unpaired) electrons. The van der Waals surface area contributed by atoms with Gasteiger partial charge in [0, 0.05) is 18.8 Å². The van der Waals surface area contributed by atoms with Crippen LogP contribution in [-0.2, 0) is 14.8 Å². The molecule has 0 bridgehead atoms. The predicted octanol–water partition coefficient (Wildman–Crippen LogP) is 3.52. The van der Waals surface area contributed by atoms with Gasteiger partial charge in [-0.2, -0.15) is 13.1 Å². The van der Waals surface area contributed by atoms with Crippen LogP contribution in [-0.4, -0.2) is 51.5 Å². The van der Waals surface area contributed by atoms with Gasteiger partial charge in [-0.15, -0.1) is 0 Å². The summed E-state index contributed by atoms with van der Waals surface area (Å²) < 4.78 is 62.5. The average molecular weight is 470 g/mol. The number of carbonyl (C=O) groups excluding carboxylic acids is 1. The Morgan fingerprint density at radius 3 is 2.53 bits per heavy atom. The fraction of sp³-hybridized carbons (Fsp3) is 0.381. The quantitative estimate of drug-likeness (QED) is 0.553. The van der Waals surface area contributed by atoms with Crippen LogP contribution in [0, 0.1) is 0 Å². The van der Waals surface area contributed by atoms with Gasteiger partial charge in [-0.3, -0.25) is 4.79 Å². The topological polar surface area (TPSA) is 97.0 Å². The summed E-state index contributed by atoms with van der Waals surface area (Å²) in [6.45, 7) is -0.274. The molecule has 1 aliphatic rings. The summed E-state index contributed by atoms with van der Waals surface area (Å²) in [6.07, 6.45) is 1.61. The molecule has 32 heavy (non-hydrogen) atoms. The lowest BCUT2D eigenvalue weighted by Gasteiger charge is -2.19. The van der Waals surface area contributed by atoms with Gasteiger partial charge in [0.15, 0.2) is 0 Å². The third-order valence-electron chi connectivity index (χ3n) is 4.76. The van der Waals surface area contributed by atoms with Gasteiger partial charge >= 0.3 is 6.61 Å². The normalized spacial score (nSPS) is 14.4. The molecule has 0 aromatic heterocycles. The Kier molecular flexibility index (Phi) is 7.86. The zero-order chi connectivity index (χ0) is 23.1. The van der Waals surface area contributed by atoms with Crippen molar-refractivity contribution in [1.82, 2.24) is 4.31 Å². The van der Waals surface area contributed by atoms with Crippen LogP contribution in [0.25, 0.3) is 0 Å². The zero-order valence-electron chi connectivity index (χ0n) is 17.5. The van der Waals surface area contributed by atoms with E-state index in [0.29, 0.717) is 25.4 Å². The van der Waals surface area contributed by atoms with Crippen LogP contribution < -0.4 is 20.1 Å². The maximum atomic E-state index is 13.1.